The van der Waals surface area contributed by atoms with E-state index in [0.717, 1.165) is 24.8 Å². The minimum Gasteiger partial charge on any atom is -0.508 e. The first-order chi connectivity index (χ1) is 8.67. The number of rotatable bonds is 7. The first kappa shape index (κ1) is 14.5. The van der Waals surface area contributed by atoms with Crippen molar-refractivity contribution in [1.82, 2.24) is 0 Å². The van der Waals surface area contributed by atoms with Gasteiger partial charge in [-0.1, -0.05) is 38.0 Å². The number of hydrogen-bond acceptors (Lipinski definition) is 3. The molecule has 1 aromatic carbocycles. The Kier molecular flexibility index (Phi) is 6.15. The van der Waals surface area contributed by atoms with Crippen LogP contribution in [-0.2, 0) is 11.4 Å². The quantitative estimate of drug-likeness (QED) is 0.576. The predicted molar refractivity (Wildman–Crippen MR) is 72.2 cm³/mol. The molecule has 0 saturated carbocycles. The number of benzene rings is 1. The lowest BCUT2D eigenvalue weighted by Gasteiger charge is -2.01. The number of aliphatic hydroxyl groups is 1. The summed E-state index contributed by atoms with van der Waals surface area (Å²) in [6.07, 6.45) is 6.91. The summed E-state index contributed by atoms with van der Waals surface area (Å²) in [5, 5.41) is 18.5. The molecule has 0 unspecified atom stereocenters. The van der Waals surface area contributed by atoms with Gasteiger partial charge in [0.1, 0.15) is 5.75 Å². The molecule has 98 valence electrons. The Labute approximate surface area is 108 Å². The van der Waals surface area contributed by atoms with E-state index < -0.39 is 0 Å². The molecule has 0 saturated heterocycles. The first-order valence-electron chi connectivity index (χ1n) is 6.31. The third-order valence-corrected chi connectivity index (χ3v) is 2.77. The number of hydrogen-bond donors (Lipinski definition) is 2. The minimum absolute atomic E-state index is 0.0538. The van der Waals surface area contributed by atoms with Crippen LogP contribution in [0.15, 0.2) is 24.3 Å². The molecule has 0 heterocycles. The molecule has 3 heteroatoms. The van der Waals surface area contributed by atoms with Crippen molar-refractivity contribution in [2.45, 2.75) is 39.2 Å². The number of aromatic hydroxyl groups is 1. The van der Waals surface area contributed by atoms with Gasteiger partial charge in [0.05, 0.1) is 6.61 Å². The minimum atomic E-state index is -0.189. The first-order valence-corrected chi connectivity index (χ1v) is 6.31. The second-order valence-electron chi connectivity index (χ2n) is 4.30. The van der Waals surface area contributed by atoms with Crippen LogP contribution in [0, 0.1) is 0 Å². The highest BCUT2D eigenvalue weighted by atomic mass is 16.3. The number of allylic oxidation sites excluding steroid dienone is 1. The van der Waals surface area contributed by atoms with E-state index in [1.54, 1.807) is 30.4 Å². The maximum Gasteiger partial charge on any atom is 0.155 e. The molecule has 0 amide bonds. The molecule has 1 aromatic rings. The summed E-state index contributed by atoms with van der Waals surface area (Å²) in [5.74, 6) is 0.159. The van der Waals surface area contributed by atoms with Crippen molar-refractivity contribution in [2.75, 3.05) is 0 Å². The topological polar surface area (TPSA) is 57.5 Å². The zero-order valence-electron chi connectivity index (χ0n) is 10.7. The van der Waals surface area contributed by atoms with Gasteiger partial charge >= 0.3 is 0 Å². The standard InChI is InChI=1S/C15H20O3/c1-2-3-4-5-14(17)9-7-12-6-8-13(11-16)15(18)10-12/h6-10,16,18H,2-5,11H2,1H3/b9-7+. The summed E-state index contributed by atoms with van der Waals surface area (Å²) in [7, 11) is 0. The SMILES string of the molecule is CCCCCC(=O)/C=C/c1ccc(CO)c(O)c1. The number of carbonyl (C=O) groups excluding carboxylic acids is 1. The second kappa shape index (κ2) is 7.67. The van der Waals surface area contributed by atoms with Crippen LogP contribution in [0.2, 0.25) is 0 Å². The van der Waals surface area contributed by atoms with Gasteiger partial charge in [-0.2, -0.15) is 0 Å². The van der Waals surface area contributed by atoms with Gasteiger partial charge in [0.25, 0.3) is 0 Å². The van der Waals surface area contributed by atoms with E-state index in [9.17, 15) is 9.90 Å². The van der Waals surface area contributed by atoms with Crippen LogP contribution in [0.3, 0.4) is 0 Å². The molecule has 0 fully saturated rings. The number of phenols is 1. The van der Waals surface area contributed by atoms with Crippen LogP contribution in [0.5, 0.6) is 5.75 Å². The van der Waals surface area contributed by atoms with Crippen LogP contribution in [0.1, 0.15) is 43.7 Å². The highest BCUT2D eigenvalue weighted by molar-refractivity contribution is 5.93. The average Bonchev–Trinajstić information content (AvgIpc) is 2.37. The molecule has 0 aliphatic rings. The molecule has 0 aliphatic carbocycles. The van der Waals surface area contributed by atoms with Crippen LogP contribution >= 0.6 is 0 Å². The lowest BCUT2D eigenvalue weighted by Crippen LogP contribution is -1.92. The van der Waals surface area contributed by atoms with E-state index in [-0.39, 0.29) is 18.1 Å². The van der Waals surface area contributed by atoms with E-state index in [1.165, 1.54) is 0 Å². The third kappa shape index (κ3) is 4.72. The number of carbonyl (C=O) groups is 1. The maximum absolute atomic E-state index is 11.5. The monoisotopic (exact) mass is 248 g/mol. The van der Waals surface area contributed by atoms with Gasteiger partial charge in [-0.3, -0.25) is 4.79 Å². The molecular weight excluding hydrogens is 228 g/mol. The summed E-state index contributed by atoms with van der Waals surface area (Å²) >= 11 is 0. The molecule has 18 heavy (non-hydrogen) atoms. The molecule has 0 aromatic heterocycles. The van der Waals surface area contributed by atoms with Gasteiger partial charge in [-0.15, -0.1) is 0 Å². The van der Waals surface area contributed by atoms with Gasteiger partial charge in [0, 0.05) is 12.0 Å². The Morgan fingerprint density at radius 3 is 2.72 bits per heavy atom. The average molecular weight is 248 g/mol. The number of ketones is 1. The number of aliphatic hydroxyl groups excluding tert-OH is 1. The number of unbranched alkanes of at least 4 members (excludes halogenated alkanes) is 2. The Balaban J connectivity index is 2.56. The molecule has 0 aliphatic heterocycles. The van der Waals surface area contributed by atoms with E-state index in [4.69, 9.17) is 5.11 Å². The normalized spacial score (nSPS) is 11.0. The molecular formula is C15H20O3. The summed E-state index contributed by atoms with van der Waals surface area (Å²) in [6, 6.07) is 4.96. The van der Waals surface area contributed by atoms with Crippen molar-refractivity contribution in [3.63, 3.8) is 0 Å². The maximum atomic E-state index is 11.5. The predicted octanol–water partition coefficient (Wildman–Crippen LogP) is 3.05. The van der Waals surface area contributed by atoms with E-state index >= 15 is 0 Å². The van der Waals surface area contributed by atoms with Crippen molar-refractivity contribution in [3.8, 4) is 5.75 Å². The fourth-order valence-corrected chi connectivity index (χ4v) is 1.64. The molecule has 0 spiro atoms. The fraction of sp³-hybridized carbons (Fsp3) is 0.400. The lowest BCUT2D eigenvalue weighted by atomic mass is 10.1. The van der Waals surface area contributed by atoms with E-state index in [1.807, 2.05) is 0 Å². The largest absolute Gasteiger partial charge is 0.508 e. The van der Waals surface area contributed by atoms with Gasteiger partial charge < -0.3 is 10.2 Å². The van der Waals surface area contributed by atoms with Crippen LogP contribution in [0.4, 0.5) is 0 Å². The summed E-state index contributed by atoms with van der Waals surface area (Å²) in [6.45, 7) is 1.91. The van der Waals surface area contributed by atoms with Crippen molar-refractivity contribution in [2.24, 2.45) is 0 Å². The van der Waals surface area contributed by atoms with Crippen molar-refractivity contribution in [1.29, 1.82) is 0 Å². The summed E-state index contributed by atoms with van der Waals surface area (Å²) in [4.78, 5) is 11.5. The highest BCUT2D eigenvalue weighted by Gasteiger charge is 2.00. The van der Waals surface area contributed by atoms with E-state index in [2.05, 4.69) is 6.92 Å². The fourth-order valence-electron chi connectivity index (χ4n) is 1.64. The van der Waals surface area contributed by atoms with Crippen LogP contribution in [0.25, 0.3) is 6.08 Å². The van der Waals surface area contributed by atoms with Gasteiger partial charge in [0.15, 0.2) is 5.78 Å². The smallest absolute Gasteiger partial charge is 0.155 e. The molecule has 0 atom stereocenters. The summed E-state index contributed by atoms with van der Waals surface area (Å²) < 4.78 is 0. The van der Waals surface area contributed by atoms with Crippen LogP contribution < -0.4 is 0 Å². The Hall–Kier alpha value is -1.61. The molecule has 1 rings (SSSR count). The summed E-state index contributed by atoms with van der Waals surface area (Å²) in [5.41, 5.74) is 1.25. The Morgan fingerprint density at radius 1 is 1.33 bits per heavy atom. The second-order valence-corrected chi connectivity index (χ2v) is 4.30. The van der Waals surface area contributed by atoms with Crippen molar-refractivity contribution >= 4 is 11.9 Å². The Morgan fingerprint density at radius 2 is 2.11 bits per heavy atom. The van der Waals surface area contributed by atoms with Crippen LogP contribution in [-0.4, -0.2) is 16.0 Å². The van der Waals surface area contributed by atoms with Gasteiger partial charge in [-0.05, 0) is 24.1 Å². The molecule has 0 radical (unpaired) electrons. The zero-order valence-corrected chi connectivity index (χ0v) is 10.7. The molecule has 3 nitrogen and oxygen atoms in total. The van der Waals surface area contributed by atoms with Crippen molar-refractivity contribution < 1.29 is 15.0 Å². The third-order valence-electron chi connectivity index (χ3n) is 2.77. The van der Waals surface area contributed by atoms with Gasteiger partial charge in [0.2, 0.25) is 0 Å². The van der Waals surface area contributed by atoms with Gasteiger partial charge in [-0.25, -0.2) is 0 Å². The lowest BCUT2D eigenvalue weighted by molar-refractivity contribution is -0.114. The van der Waals surface area contributed by atoms with Crippen molar-refractivity contribution in [3.05, 3.63) is 35.4 Å². The van der Waals surface area contributed by atoms with E-state index in [0.29, 0.717) is 12.0 Å². The molecule has 2 N–H and O–H groups in total. The highest BCUT2D eigenvalue weighted by Crippen LogP contribution is 2.19. The zero-order chi connectivity index (χ0) is 13.4. The molecule has 0 bridgehead atoms. The Bertz CT molecular complexity index is 422.